The summed E-state index contributed by atoms with van der Waals surface area (Å²) >= 11 is 4.05. The number of thiophene rings is 2. The predicted molar refractivity (Wildman–Crippen MR) is 109 cm³/mol. The summed E-state index contributed by atoms with van der Waals surface area (Å²) in [6, 6.07) is 0. The third-order valence-electron chi connectivity index (χ3n) is 6.28. The standard InChI is InChI=1S/C22H30S2/c1-15-13-23-21(19(15)17-9-5-3-6-10-17)22-20(16(2)14-24-22)18-11-7-4-8-12-18/h13-14,17-18H,3-12H2,1-2H3. The van der Waals surface area contributed by atoms with Crippen molar-refractivity contribution in [2.45, 2.75) is 89.9 Å². The summed E-state index contributed by atoms with van der Waals surface area (Å²) in [5.74, 6) is 1.64. The normalized spacial score (nSPS) is 20.6. The summed E-state index contributed by atoms with van der Waals surface area (Å²) in [6.07, 6.45) is 14.2. The maximum Gasteiger partial charge on any atom is 0.0483 e. The zero-order valence-corrected chi connectivity index (χ0v) is 16.8. The van der Waals surface area contributed by atoms with Gasteiger partial charge in [-0.2, -0.15) is 0 Å². The van der Waals surface area contributed by atoms with Crippen molar-refractivity contribution in [1.29, 1.82) is 0 Å². The van der Waals surface area contributed by atoms with Crippen LogP contribution in [-0.2, 0) is 0 Å². The second kappa shape index (κ2) is 7.33. The molecular formula is C22H30S2. The summed E-state index contributed by atoms with van der Waals surface area (Å²) in [5.41, 5.74) is 6.56. The molecule has 130 valence electrons. The van der Waals surface area contributed by atoms with E-state index in [1.165, 1.54) is 64.2 Å². The Morgan fingerprint density at radius 2 is 1.00 bits per heavy atom. The highest BCUT2D eigenvalue weighted by molar-refractivity contribution is 7.20. The monoisotopic (exact) mass is 358 g/mol. The fourth-order valence-corrected chi connectivity index (χ4v) is 7.53. The van der Waals surface area contributed by atoms with Crippen LogP contribution in [0.4, 0.5) is 0 Å². The van der Waals surface area contributed by atoms with Crippen LogP contribution in [0, 0.1) is 13.8 Å². The molecule has 2 saturated carbocycles. The lowest BCUT2D eigenvalue weighted by Gasteiger charge is -2.26. The molecule has 2 aromatic rings. The predicted octanol–water partition coefficient (Wildman–Crippen LogP) is 8.19. The fourth-order valence-electron chi connectivity index (χ4n) is 5.06. The average molecular weight is 359 g/mol. The molecule has 0 bridgehead atoms. The van der Waals surface area contributed by atoms with E-state index < -0.39 is 0 Å². The molecule has 2 heteroatoms. The molecule has 0 radical (unpaired) electrons. The second-order valence-electron chi connectivity index (χ2n) is 7.99. The molecular weight excluding hydrogens is 328 g/mol. The first-order chi connectivity index (χ1) is 11.8. The molecule has 0 spiro atoms. The van der Waals surface area contributed by atoms with E-state index in [9.17, 15) is 0 Å². The lowest BCUT2D eigenvalue weighted by molar-refractivity contribution is 0.442. The zero-order valence-electron chi connectivity index (χ0n) is 15.2. The third-order valence-corrected chi connectivity index (χ3v) is 8.67. The first-order valence-corrected chi connectivity index (χ1v) is 11.7. The molecule has 0 unspecified atom stereocenters. The highest BCUT2D eigenvalue weighted by Crippen LogP contribution is 2.49. The molecule has 24 heavy (non-hydrogen) atoms. The number of hydrogen-bond acceptors (Lipinski definition) is 2. The minimum Gasteiger partial charge on any atom is -0.142 e. The van der Waals surface area contributed by atoms with Crippen molar-refractivity contribution in [2.24, 2.45) is 0 Å². The Hall–Kier alpha value is -0.600. The van der Waals surface area contributed by atoms with E-state index in [4.69, 9.17) is 0 Å². The summed E-state index contributed by atoms with van der Waals surface area (Å²) in [5, 5.41) is 4.86. The maximum absolute atomic E-state index is 2.43. The van der Waals surface area contributed by atoms with Gasteiger partial charge in [-0.1, -0.05) is 38.5 Å². The van der Waals surface area contributed by atoms with Crippen LogP contribution in [0.25, 0.3) is 9.75 Å². The van der Waals surface area contributed by atoms with Gasteiger partial charge in [0.2, 0.25) is 0 Å². The van der Waals surface area contributed by atoms with Gasteiger partial charge in [-0.15, -0.1) is 22.7 Å². The van der Waals surface area contributed by atoms with Crippen LogP contribution in [0.15, 0.2) is 10.8 Å². The third kappa shape index (κ3) is 3.12. The molecule has 2 fully saturated rings. The molecule has 2 aliphatic carbocycles. The van der Waals surface area contributed by atoms with Crippen molar-refractivity contribution in [3.63, 3.8) is 0 Å². The summed E-state index contributed by atoms with van der Waals surface area (Å²) in [6.45, 7) is 4.70. The van der Waals surface area contributed by atoms with E-state index in [1.807, 2.05) is 22.7 Å². The summed E-state index contributed by atoms with van der Waals surface area (Å²) in [4.78, 5) is 3.27. The largest absolute Gasteiger partial charge is 0.142 e. The Morgan fingerprint density at radius 3 is 1.38 bits per heavy atom. The molecule has 2 aromatic heterocycles. The van der Waals surface area contributed by atoms with Gasteiger partial charge < -0.3 is 0 Å². The fraction of sp³-hybridized carbons (Fsp3) is 0.636. The van der Waals surface area contributed by atoms with E-state index in [0.29, 0.717) is 0 Å². The Balaban J connectivity index is 1.74. The van der Waals surface area contributed by atoms with Gasteiger partial charge in [0.25, 0.3) is 0 Å². The highest BCUT2D eigenvalue weighted by atomic mass is 32.1. The quantitative estimate of drug-likeness (QED) is 0.518. The van der Waals surface area contributed by atoms with Crippen molar-refractivity contribution >= 4 is 22.7 Å². The smallest absolute Gasteiger partial charge is 0.0483 e. The first-order valence-electron chi connectivity index (χ1n) is 9.92. The minimum atomic E-state index is 0.821. The molecule has 0 amide bonds. The molecule has 4 rings (SSSR count). The molecule has 0 atom stereocenters. The number of hydrogen-bond donors (Lipinski definition) is 0. The second-order valence-corrected chi connectivity index (χ2v) is 9.75. The van der Waals surface area contributed by atoms with E-state index in [2.05, 4.69) is 24.6 Å². The van der Waals surface area contributed by atoms with Crippen molar-refractivity contribution < 1.29 is 0 Å². The van der Waals surface area contributed by atoms with E-state index in [1.54, 1.807) is 32.0 Å². The lowest BCUT2D eigenvalue weighted by atomic mass is 9.80. The number of rotatable bonds is 3. The average Bonchev–Trinajstić information content (AvgIpc) is 3.19. The van der Waals surface area contributed by atoms with Crippen LogP contribution in [0.3, 0.4) is 0 Å². The van der Waals surface area contributed by atoms with Crippen molar-refractivity contribution in [1.82, 2.24) is 0 Å². The Labute approximate surface area is 155 Å². The van der Waals surface area contributed by atoms with Crippen molar-refractivity contribution in [2.75, 3.05) is 0 Å². The highest BCUT2D eigenvalue weighted by Gasteiger charge is 2.27. The van der Waals surface area contributed by atoms with Crippen molar-refractivity contribution in [3.05, 3.63) is 33.0 Å². The van der Waals surface area contributed by atoms with Gasteiger partial charge in [0.05, 0.1) is 0 Å². The molecule has 0 aromatic carbocycles. The first kappa shape index (κ1) is 16.8. The van der Waals surface area contributed by atoms with E-state index in [-0.39, 0.29) is 0 Å². The van der Waals surface area contributed by atoms with Gasteiger partial charge >= 0.3 is 0 Å². The zero-order chi connectivity index (χ0) is 16.5. The SMILES string of the molecule is Cc1csc(-c2scc(C)c2C2CCCCC2)c1C1CCCCC1. The topological polar surface area (TPSA) is 0 Å². The van der Waals surface area contributed by atoms with Crippen LogP contribution in [0.5, 0.6) is 0 Å². The molecule has 0 nitrogen and oxygen atoms in total. The van der Waals surface area contributed by atoms with Crippen LogP contribution in [0.1, 0.15) is 98.3 Å². The summed E-state index contributed by atoms with van der Waals surface area (Å²) < 4.78 is 0. The molecule has 0 aliphatic heterocycles. The van der Waals surface area contributed by atoms with Gasteiger partial charge in [0, 0.05) is 9.75 Å². The molecule has 0 saturated heterocycles. The summed E-state index contributed by atoms with van der Waals surface area (Å²) in [7, 11) is 0. The van der Waals surface area contributed by atoms with Gasteiger partial charge in [-0.3, -0.25) is 0 Å². The Kier molecular flexibility index (Phi) is 5.15. The van der Waals surface area contributed by atoms with E-state index in [0.717, 1.165) is 11.8 Å². The van der Waals surface area contributed by atoms with Crippen LogP contribution in [-0.4, -0.2) is 0 Å². The lowest BCUT2D eigenvalue weighted by Crippen LogP contribution is -2.08. The molecule has 2 aliphatic rings. The van der Waals surface area contributed by atoms with Gasteiger partial charge in [-0.25, -0.2) is 0 Å². The van der Waals surface area contributed by atoms with Crippen molar-refractivity contribution in [3.8, 4) is 9.75 Å². The molecule has 2 heterocycles. The molecule has 0 N–H and O–H groups in total. The van der Waals surface area contributed by atoms with Crippen LogP contribution < -0.4 is 0 Å². The Morgan fingerprint density at radius 1 is 0.625 bits per heavy atom. The van der Waals surface area contributed by atoms with Gasteiger partial charge in [0.1, 0.15) is 0 Å². The van der Waals surface area contributed by atoms with Gasteiger partial charge in [0.15, 0.2) is 0 Å². The Bertz CT molecular complexity index is 619. The number of aryl methyl sites for hydroxylation is 2. The van der Waals surface area contributed by atoms with E-state index >= 15 is 0 Å². The van der Waals surface area contributed by atoms with Crippen LogP contribution in [0.2, 0.25) is 0 Å². The van der Waals surface area contributed by atoms with Gasteiger partial charge in [-0.05, 0) is 84.4 Å². The maximum atomic E-state index is 2.43. The minimum absolute atomic E-state index is 0.821. The van der Waals surface area contributed by atoms with Crippen LogP contribution >= 0.6 is 22.7 Å².